The third-order valence-electron chi connectivity index (χ3n) is 8.96. The van der Waals surface area contributed by atoms with E-state index >= 15 is 0 Å². The highest BCUT2D eigenvalue weighted by atomic mass is 16.2. The highest BCUT2D eigenvalue weighted by Crippen LogP contribution is 2.38. The number of anilines is 1. The Morgan fingerprint density at radius 3 is 2.49 bits per heavy atom. The van der Waals surface area contributed by atoms with Crippen LogP contribution in [0, 0.1) is 11.8 Å². The predicted octanol–water partition coefficient (Wildman–Crippen LogP) is 3.03. The standard InChI is InChI=1S/C31H40N6O4/c1-19(2)25-18-37(30(41)35-25)31(29(40)32-3)15-21-11-12-24(14-23(21)16-31)34-28(39)26(20-8-5-4-6-9-20)36-27(38)22-10-7-13-33-17-22/h7,10-14,17,19-20,25-26H,4-6,8-9,15-16,18H2,1-3H3,(H,32,40)(H,34,39)(H,35,41)(H,36,38)/t25-,26-,31?/m0/s1. The van der Waals surface area contributed by atoms with Crippen LogP contribution >= 0.6 is 0 Å². The monoisotopic (exact) mass is 560 g/mol. The molecule has 5 amide bonds. The molecule has 10 nitrogen and oxygen atoms in total. The molecule has 4 N–H and O–H groups in total. The molecule has 0 spiro atoms. The molecule has 2 aliphatic carbocycles. The normalized spacial score (nSPS) is 23.1. The van der Waals surface area contributed by atoms with Crippen molar-refractivity contribution in [1.29, 1.82) is 0 Å². The summed E-state index contributed by atoms with van der Waals surface area (Å²) in [5, 5.41) is 11.8. The first-order valence-electron chi connectivity index (χ1n) is 14.7. The molecule has 1 aromatic heterocycles. The molecule has 2 heterocycles. The fourth-order valence-electron chi connectivity index (χ4n) is 6.56. The summed E-state index contributed by atoms with van der Waals surface area (Å²) in [6.45, 7) is 4.57. The number of rotatable bonds is 8. The molecular formula is C31H40N6O4. The van der Waals surface area contributed by atoms with Gasteiger partial charge < -0.3 is 26.2 Å². The van der Waals surface area contributed by atoms with Gasteiger partial charge >= 0.3 is 6.03 Å². The van der Waals surface area contributed by atoms with Crippen molar-refractivity contribution in [1.82, 2.24) is 25.8 Å². The van der Waals surface area contributed by atoms with Crippen molar-refractivity contribution in [2.45, 2.75) is 76.4 Å². The molecule has 0 radical (unpaired) electrons. The van der Waals surface area contributed by atoms with Gasteiger partial charge in [0, 0.05) is 44.5 Å². The number of benzene rings is 1. The Labute approximate surface area is 241 Å². The van der Waals surface area contributed by atoms with Gasteiger partial charge in [0.25, 0.3) is 5.91 Å². The van der Waals surface area contributed by atoms with Crippen LogP contribution in [0.5, 0.6) is 0 Å². The Morgan fingerprint density at radius 1 is 1.07 bits per heavy atom. The Hall–Kier alpha value is -3.95. The molecule has 3 aliphatic rings. The van der Waals surface area contributed by atoms with E-state index in [1.54, 1.807) is 30.3 Å². The summed E-state index contributed by atoms with van der Waals surface area (Å²) in [6.07, 6.45) is 8.79. The van der Waals surface area contributed by atoms with E-state index in [1.165, 1.54) is 6.20 Å². The van der Waals surface area contributed by atoms with E-state index in [0.717, 1.165) is 43.2 Å². The van der Waals surface area contributed by atoms with Crippen LogP contribution < -0.4 is 21.3 Å². The number of carbonyl (C=O) groups excluding carboxylic acids is 4. The molecule has 10 heteroatoms. The third-order valence-corrected chi connectivity index (χ3v) is 8.96. The van der Waals surface area contributed by atoms with E-state index in [2.05, 4.69) is 40.1 Å². The average Bonchev–Trinajstić information content (AvgIpc) is 3.57. The van der Waals surface area contributed by atoms with Gasteiger partial charge in [-0.2, -0.15) is 0 Å². The first-order valence-corrected chi connectivity index (χ1v) is 14.7. The fourth-order valence-corrected chi connectivity index (χ4v) is 6.56. The summed E-state index contributed by atoms with van der Waals surface area (Å²) in [6, 6.07) is 8.10. The quantitative estimate of drug-likeness (QED) is 0.394. The number of nitrogens with one attached hydrogen (secondary N) is 4. The Morgan fingerprint density at radius 2 is 1.83 bits per heavy atom. The zero-order valence-electron chi connectivity index (χ0n) is 24.0. The summed E-state index contributed by atoms with van der Waals surface area (Å²) < 4.78 is 0. The average molecular weight is 561 g/mol. The van der Waals surface area contributed by atoms with Crippen molar-refractivity contribution in [3.8, 4) is 0 Å². The van der Waals surface area contributed by atoms with E-state index in [0.29, 0.717) is 30.6 Å². The zero-order valence-corrected chi connectivity index (χ0v) is 24.0. The minimum Gasteiger partial charge on any atom is -0.357 e. The van der Waals surface area contributed by atoms with Crippen LogP contribution in [0.2, 0.25) is 0 Å². The van der Waals surface area contributed by atoms with Crippen LogP contribution in [0.4, 0.5) is 10.5 Å². The number of likely N-dealkylation sites (N-methyl/N-ethyl adjacent to an activating group) is 1. The molecular weight excluding hydrogens is 520 g/mol. The lowest BCUT2D eigenvalue weighted by Gasteiger charge is -2.36. The SMILES string of the molecule is CNC(=O)C1(N2C[C@@H](C(C)C)NC2=O)Cc2ccc(NC(=O)[C@@H](NC(=O)c3cccnc3)C3CCCCC3)cc2C1. The maximum Gasteiger partial charge on any atom is 0.318 e. The third kappa shape index (κ3) is 5.78. The van der Waals surface area contributed by atoms with Crippen LogP contribution in [-0.2, 0) is 22.4 Å². The number of hydrogen-bond acceptors (Lipinski definition) is 5. The van der Waals surface area contributed by atoms with Crippen LogP contribution in [0.25, 0.3) is 0 Å². The second-order valence-corrected chi connectivity index (χ2v) is 11.9. The number of nitrogens with zero attached hydrogens (tertiary/aromatic N) is 2. The molecule has 0 bridgehead atoms. The van der Waals surface area contributed by atoms with E-state index in [1.807, 2.05) is 18.2 Å². The topological polar surface area (TPSA) is 133 Å². The second-order valence-electron chi connectivity index (χ2n) is 11.9. The van der Waals surface area contributed by atoms with Crippen LogP contribution in [0.15, 0.2) is 42.7 Å². The number of aromatic nitrogens is 1. The Balaban J connectivity index is 1.35. The zero-order chi connectivity index (χ0) is 29.1. The Kier molecular flexibility index (Phi) is 8.28. The molecule has 5 rings (SSSR count). The van der Waals surface area contributed by atoms with E-state index in [-0.39, 0.29) is 41.6 Å². The number of amides is 5. The first-order chi connectivity index (χ1) is 19.7. The van der Waals surface area contributed by atoms with Gasteiger partial charge in [0.2, 0.25) is 11.8 Å². The number of hydrogen-bond donors (Lipinski definition) is 4. The maximum absolute atomic E-state index is 13.6. The van der Waals surface area contributed by atoms with E-state index in [9.17, 15) is 19.2 Å². The molecule has 1 saturated carbocycles. The molecule has 2 fully saturated rings. The molecule has 41 heavy (non-hydrogen) atoms. The Bertz CT molecular complexity index is 1310. The fraction of sp³-hybridized carbons (Fsp3) is 0.516. The van der Waals surface area contributed by atoms with Crippen molar-refractivity contribution in [3.63, 3.8) is 0 Å². The van der Waals surface area contributed by atoms with Gasteiger partial charge in [-0.25, -0.2) is 4.79 Å². The largest absolute Gasteiger partial charge is 0.357 e. The molecule has 1 saturated heterocycles. The number of carbonyl (C=O) groups is 4. The smallest absolute Gasteiger partial charge is 0.318 e. The number of fused-ring (bicyclic) bond motifs is 1. The van der Waals surface area contributed by atoms with Crippen molar-refractivity contribution in [2.75, 3.05) is 18.9 Å². The van der Waals surface area contributed by atoms with Crippen molar-refractivity contribution >= 4 is 29.4 Å². The predicted molar refractivity (Wildman–Crippen MR) is 155 cm³/mol. The van der Waals surface area contributed by atoms with Gasteiger partial charge in [-0.15, -0.1) is 0 Å². The first kappa shape index (κ1) is 28.6. The van der Waals surface area contributed by atoms with Gasteiger partial charge in [0.15, 0.2) is 0 Å². The molecule has 3 atom stereocenters. The van der Waals surface area contributed by atoms with Crippen LogP contribution in [0.1, 0.15) is 67.4 Å². The maximum atomic E-state index is 13.6. The molecule has 1 aromatic carbocycles. The van der Waals surface area contributed by atoms with Crippen LogP contribution in [0.3, 0.4) is 0 Å². The minimum atomic E-state index is -1.03. The highest BCUT2D eigenvalue weighted by Gasteiger charge is 2.53. The molecule has 1 unspecified atom stereocenters. The molecule has 2 aromatic rings. The number of pyridine rings is 1. The van der Waals surface area contributed by atoms with Gasteiger partial charge in [-0.3, -0.25) is 19.4 Å². The van der Waals surface area contributed by atoms with E-state index in [4.69, 9.17) is 0 Å². The van der Waals surface area contributed by atoms with E-state index < -0.39 is 11.6 Å². The van der Waals surface area contributed by atoms with Crippen molar-refractivity contribution < 1.29 is 19.2 Å². The second kappa shape index (κ2) is 11.9. The highest BCUT2D eigenvalue weighted by molar-refractivity contribution is 6.01. The van der Waals surface area contributed by atoms with Gasteiger partial charge in [0.05, 0.1) is 11.6 Å². The number of urea groups is 1. The van der Waals surface area contributed by atoms with Crippen LogP contribution in [-0.4, -0.2) is 64.9 Å². The van der Waals surface area contributed by atoms with Gasteiger partial charge in [-0.1, -0.05) is 39.2 Å². The van der Waals surface area contributed by atoms with Gasteiger partial charge in [-0.05, 0) is 60.1 Å². The summed E-state index contributed by atoms with van der Waals surface area (Å²) in [4.78, 5) is 58.7. The minimum absolute atomic E-state index is 0.0267. The molecule has 218 valence electrons. The molecule has 1 aliphatic heterocycles. The summed E-state index contributed by atoms with van der Waals surface area (Å²) >= 11 is 0. The summed E-state index contributed by atoms with van der Waals surface area (Å²) in [7, 11) is 1.60. The van der Waals surface area contributed by atoms with Gasteiger partial charge in [0.1, 0.15) is 11.6 Å². The van der Waals surface area contributed by atoms with Crippen molar-refractivity contribution in [3.05, 3.63) is 59.4 Å². The lowest BCUT2D eigenvalue weighted by atomic mass is 9.83. The summed E-state index contributed by atoms with van der Waals surface area (Å²) in [5.41, 5.74) is 1.87. The lowest BCUT2D eigenvalue weighted by molar-refractivity contribution is -0.130. The summed E-state index contributed by atoms with van der Waals surface area (Å²) in [5.74, 6) is -0.497. The lowest BCUT2D eigenvalue weighted by Crippen LogP contribution is -2.60. The van der Waals surface area contributed by atoms with Crippen molar-refractivity contribution in [2.24, 2.45) is 11.8 Å².